The van der Waals surface area contributed by atoms with Gasteiger partial charge in [-0.15, -0.1) is 0 Å². The lowest BCUT2D eigenvalue weighted by Gasteiger charge is -2.58. The summed E-state index contributed by atoms with van der Waals surface area (Å²) < 4.78 is 0. The lowest BCUT2D eigenvalue weighted by atomic mass is 9.50. The summed E-state index contributed by atoms with van der Waals surface area (Å²) in [6, 6.07) is 0. The van der Waals surface area contributed by atoms with Gasteiger partial charge in [0.15, 0.2) is 5.78 Å². The number of rotatable bonds is 2. The Hall–Kier alpha value is -1.32. The summed E-state index contributed by atoms with van der Waals surface area (Å²) in [5.74, 6) is 4.08. The summed E-state index contributed by atoms with van der Waals surface area (Å²) >= 11 is 0. The van der Waals surface area contributed by atoms with Crippen LogP contribution in [0.15, 0.2) is 11.8 Å². The largest absolute Gasteiger partial charge is 0.387 e. The zero-order valence-electron chi connectivity index (χ0n) is 20.6. The Kier molecular flexibility index (Phi) is 4.38. The van der Waals surface area contributed by atoms with E-state index in [-0.39, 0.29) is 22.6 Å². The first-order valence-electron chi connectivity index (χ1n) is 14.1. The van der Waals surface area contributed by atoms with E-state index in [2.05, 4.69) is 24.5 Å². The van der Waals surface area contributed by atoms with Crippen molar-refractivity contribution in [2.24, 2.45) is 52.3 Å². The molecule has 0 aromatic rings. The maximum absolute atomic E-state index is 13.7. The van der Waals surface area contributed by atoms with Gasteiger partial charge in [-0.3, -0.25) is 9.59 Å². The molecule has 8 aliphatic rings. The van der Waals surface area contributed by atoms with Crippen LogP contribution in [-0.4, -0.2) is 23.8 Å². The third kappa shape index (κ3) is 3.00. The molecule has 8 rings (SSSR count). The van der Waals surface area contributed by atoms with Crippen molar-refractivity contribution in [1.29, 1.82) is 0 Å². The fourth-order valence-corrected chi connectivity index (χ4v) is 11.1. The smallest absolute Gasteiger partial charge is 0.231 e. The van der Waals surface area contributed by atoms with E-state index >= 15 is 0 Å². The number of hydrogen-bond acceptors (Lipinski definition) is 3. The van der Waals surface area contributed by atoms with Crippen molar-refractivity contribution in [3.8, 4) is 0 Å². The van der Waals surface area contributed by atoms with Gasteiger partial charge in [-0.05, 0) is 112 Å². The first kappa shape index (κ1) is 21.0. The van der Waals surface area contributed by atoms with E-state index in [0.717, 1.165) is 55.2 Å². The van der Waals surface area contributed by atoms with Crippen LogP contribution in [0.5, 0.6) is 0 Å². The second-order valence-electron chi connectivity index (χ2n) is 14.2. The van der Waals surface area contributed by atoms with Gasteiger partial charge in [-0.25, -0.2) is 0 Å². The Balaban J connectivity index is 1.14. The molecule has 4 bridgehead atoms. The van der Waals surface area contributed by atoms with Crippen LogP contribution in [0, 0.1) is 52.3 Å². The predicted octanol–water partition coefficient (Wildman–Crippen LogP) is 4.99. The molecule has 1 unspecified atom stereocenters. The normalized spacial score (nSPS) is 54.1. The van der Waals surface area contributed by atoms with Gasteiger partial charge in [0.2, 0.25) is 5.91 Å². The highest BCUT2D eigenvalue weighted by molar-refractivity contribution is 6.08. The van der Waals surface area contributed by atoms with Crippen LogP contribution < -0.4 is 10.6 Å². The minimum absolute atomic E-state index is 0.0130. The number of amides is 1. The van der Waals surface area contributed by atoms with Gasteiger partial charge in [-0.1, -0.05) is 20.3 Å². The molecule has 2 N–H and O–H groups in total. The SMILES string of the molecule is C[C@@]12CCC[C@H]1[C@@H]1CNC3=CC(=O)C(C(=O)NC45CC6CC(CC(C6)C4)C5)C[C@]3(C)[C@@H]1CC2. The summed E-state index contributed by atoms with van der Waals surface area (Å²) in [7, 11) is 0. The molecule has 0 radical (unpaired) electrons. The molecule has 1 aliphatic heterocycles. The minimum Gasteiger partial charge on any atom is -0.387 e. The summed E-state index contributed by atoms with van der Waals surface area (Å²) in [6.45, 7) is 5.92. The van der Waals surface area contributed by atoms with Crippen LogP contribution in [0.3, 0.4) is 0 Å². The molecule has 4 nitrogen and oxygen atoms in total. The van der Waals surface area contributed by atoms with Gasteiger partial charge in [0.25, 0.3) is 0 Å². The fraction of sp³-hybridized carbons (Fsp3) is 0.862. The fourth-order valence-electron chi connectivity index (χ4n) is 11.1. The van der Waals surface area contributed by atoms with Crippen molar-refractivity contribution in [3.63, 3.8) is 0 Å². The van der Waals surface area contributed by atoms with E-state index in [0.29, 0.717) is 23.7 Å². The van der Waals surface area contributed by atoms with Gasteiger partial charge in [0.05, 0.1) is 0 Å². The zero-order chi connectivity index (χ0) is 22.6. The molecule has 1 heterocycles. The molecule has 180 valence electrons. The molecule has 0 aromatic carbocycles. The van der Waals surface area contributed by atoms with Crippen LogP contribution >= 0.6 is 0 Å². The van der Waals surface area contributed by atoms with Crippen LogP contribution in [-0.2, 0) is 9.59 Å². The number of nitrogens with one attached hydrogen (secondary N) is 2. The Labute approximate surface area is 199 Å². The highest BCUT2D eigenvalue weighted by Crippen LogP contribution is 2.63. The number of hydrogen-bond donors (Lipinski definition) is 2. The molecule has 7 fully saturated rings. The molecular formula is C29H42N2O2. The average Bonchev–Trinajstić information content (AvgIpc) is 3.14. The molecule has 1 amide bonds. The molecule has 0 spiro atoms. The van der Waals surface area contributed by atoms with Gasteiger partial charge in [0.1, 0.15) is 5.92 Å². The van der Waals surface area contributed by atoms with E-state index in [1.54, 1.807) is 0 Å². The number of allylic oxidation sites excluding steroid dienone is 2. The first-order chi connectivity index (χ1) is 15.8. The molecular weight excluding hydrogens is 408 g/mol. The van der Waals surface area contributed by atoms with E-state index in [1.807, 2.05) is 6.08 Å². The quantitative estimate of drug-likeness (QED) is 0.583. The summed E-state index contributed by atoms with van der Waals surface area (Å²) in [4.78, 5) is 27.0. The highest BCUT2D eigenvalue weighted by atomic mass is 16.2. The molecule has 6 atom stereocenters. The number of ketones is 1. The lowest BCUT2D eigenvalue weighted by molar-refractivity contribution is -0.139. The summed E-state index contributed by atoms with van der Waals surface area (Å²) in [5.41, 5.74) is 1.57. The van der Waals surface area contributed by atoms with E-state index in [4.69, 9.17) is 0 Å². The van der Waals surface area contributed by atoms with Gasteiger partial charge >= 0.3 is 0 Å². The molecule has 0 aromatic heterocycles. The Morgan fingerprint density at radius 1 is 0.970 bits per heavy atom. The average molecular weight is 451 g/mol. The Bertz CT molecular complexity index is 887. The Morgan fingerprint density at radius 2 is 1.67 bits per heavy atom. The molecule has 33 heavy (non-hydrogen) atoms. The van der Waals surface area contributed by atoms with Crippen LogP contribution in [0.25, 0.3) is 0 Å². The number of carbonyl (C=O) groups excluding carboxylic acids is 2. The lowest BCUT2D eigenvalue weighted by Crippen LogP contribution is -2.62. The van der Waals surface area contributed by atoms with E-state index < -0.39 is 5.92 Å². The number of carbonyl (C=O) groups is 2. The van der Waals surface area contributed by atoms with Crippen molar-refractivity contribution < 1.29 is 9.59 Å². The van der Waals surface area contributed by atoms with Crippen LogP contribution in [0.2, 0.25) is 0 Å². The molecule has 4 heteroatoms. The third-order valence-corrected chi connectivity index (χ3v) is 12.2. The third-order valence-electron chi connectivity index (χ3n) is 12.2. The van der Waals surface area contributed by atoms with Gasteiger partial charge < -0.3 is 10.6 Å². The van der Waals surface area contributed by atoms with Crippen molar-refractivity contribution in [3.05, 3.63) is 11.8 Å². The van der Waals surface area contributed by atoms with Crippen molar-refractivity contribution in [2.75, 3.05) is 6.54 Å². The second-order valence-corrected chi connectivity index (χ2v) is 14.2. The summed E-state index contributed by atoms with van der Waals surface area (Å²) in [6.07, 6.45) is 16.8. The maximum Gasteiger partial charge on any atom is 0.231 e. The van der Waals surface area contributed by atoms with Gasteiger partial charge in [-0.2, -0.15) is 0 Å². The van der Waals surface area contributed by atoms with E-state index in [1.165, 1.54) is 51.4 Å². The zero-order valence-corrected chi connectivity index (χ0v) is 20.6. The van der Waals surface area contributed by atoms with Crippen LogP contribution in [0.1, 0.15) is 90.9 Å². The predicted molar refractivity (Wildman–Crippen MR) is 128 cm³/mol. The molecule has 6 saturated carbocycles. The van der Waals surface area contributed by atoms with Crippen molar-refractivity contribution in [2.45, 2.75) is 96.4 Å². The highest BCUT2D eigenvalue weighted by Gasteiger charge is 2.59. The monoisotopic (exact) mass is 450 g/mol. The Morgan fingerprint density at radius 3 is 2.36 bits per heavy atom. The van der Waals surface area contributed by atoms with Crippen molar-refractivity contribution in [1.82, 2.24) is 10.6 Å². The first-order valence-corrected chi connectivity index (χ1v) is 14.1. The number of fused-ring (bicyclic) bond motifs is 5. The van der Waals surface area contributed by atoms with Crippen molar-refractivity contribution >= 4 is 11.7 Å². The van der Waals surface area contributed by atoms with Crippen LogP contribution in [0.4, 0.5) is 0 Å². The summed E-state index contributed by atoms with van der Waals surface area (Å²) in [5, 5.41) is 7.26. The maximum atomic E-state index is 13.7. The van der Waals surface area contributed by atoms with E-state index in [9.17, 15) is 9.59 Å². The second kappa shape index (κ2) is 6.88. The molecule has 7 aliphatic carbocycles. The number of piperidine rings is 1. The minimum atomic E-state index is -0.496. The standard InChI is InChI=1S/C29H42N2O2/c1-27-6-3-4-22(27)21-16-30-25-11-24(32)20(15-28(25,2)23(21)5-7-27)26(33)31-29-12-17-8-18(13-29)10-19(9-17)14-29/h11,17-23,30H,3-10,12-16H2,1-2H3,(H,31,33)/t17?,18?,19?,20?,21-,22-,23+,27-,28+,29?/m0/s1. The topological polar surface area (TPSA) is 58.2 Å². The van der Waals surface area contributed by atoms with Gasteiger partial charge in [0, 0.05) is 29.3 Å². The molecule has 1 saturated heterocycles.